The minimum atomic E-state index is -0.485. The van der Waals surface area contributed by atoms with Gasteiger partial charge >= 0.3 is 0 Å². The van der Waals surface area contributed by atoms with Crippen molar-refractivity contribution < 1.29 is 19.3 Å². The van der Waals surface area contributed by atoms with E-state index in [2.05, 4.69) is 16.5 Å². The van der Waals surface area contributed by atoms with E-state index in [-0.39, 0.29) is 24.9 Å². The number of ether oxygens (including phenoxy) is 3. The largest absolute Gasteiger partial charge is 0.497 e. The normalized spacial score (nSPS) is 30.3. The summed E-state index contributed by atoms with van der Waals surface area (Å²) >= 11 is 0. The Labute approximate surface area is 165 Å². The smallest absolute Gasteiger partial charge is 0.147 e. The van der Waals surface area contributed by atoms with E-state index in [1.165, 1.54) is 0 Å². The first-order valence-electron chi connectivity index (χ1n) is 9.75. The van der Waals surface area contributed by atoms with Crippen molar-refractivity contribution >= 4 is 10.9 Å². The molecule has 6 atom stereocenters. The van der Waals surface area contributed by atoms with Crippen molar-refractivity contribution in [2.45, 2.75) is 24.7 Å². The molecule has 0 saturated carbocycles. The highest BCUT2D eigenvalue weighted by Gasteiger charge is 2.49. The summed E-state index contributed by atoms with van der Waals surface area (Å²) in [6.45, 7) is 5.97. The van der Waals surface area contributed by atoms with Gasteiger partial charge in [-0.15, -0.1) is 6.58 Å². The Bertz CT molecular complexity index is 840. The molecule has 3 aliphatic rings. The molecule has 3 aliphatic heterocycles. The number of methoxy groups -OCH3 is 2. The van der Waals surface area contributed by atoms with Crippen LogP contribution in [0.5, 0.6) is 5.75 Å². The van der Waals surface area contributed by atoms with Crippen LogP contribution in [0.4, 0.5) is 0 Å². The molecule has 1 aromatic heterocycles. The number of hydrogen-bond donors (Lipinski definition) is 1. The van der Waals surface area contributed by atoms with Crippen molar-refractivity contribution in [1.29, 1.82) is 0 Å². The van der Waals surface area contributed by atoms with Crippen LogP contribution in [0, 0.1) is 11.8 Å². The van der Waals surface area contributed by atoms with Crippen LogP contribution in [0.1, 0.15) is 18.1 Å². The van der Waals surface area contributed by atoms with Crippen LogP contribution in [0.2, 0.25) is 0 Å². The fourth-order valence-electron chi connectivity index (χ4n) is 4.85. The van der Waals surface area contributed by atoms with Gasteiger partial charge in [0.2, 0.25) is 0 Å². The fourth-order valence-corrected chi connectivity index (χ4v) is 4.85. The number of hydrogen-bond acceptors (Lipinski definition) is 6. The molecule has 3 fully saturated rings. The van der Waals surface area contributed by atoms with E-state index in [4.69, 9.17) is 14.2 Å². The molecule has 150 valence electrons. The lowest BCUT2D eigenvalue weighted by Gasteiger charge is -2.54. The molecular weight excluding hydrogens is 356 g/mol. The SMILES string of the molecule is C=C[C@H]1CN2CC[C@H]1[C@@H](O)[C@H]2[C@H](OCOC)c1ccnc2ccc(OC)cc12. The number of fused-ring (bicyclic) bond motifs is 4. The maximum Gasteiger partial charge on any atom is 0.147 e. The number of benzene rings is 1. The van der Waals surface area contributed by atoms with Gasteiger partial charge in [-0.05, 0) is 54.6 Å². The lowest BCUT2D eigenvalue weighted by Crippen LogP contribution is -2.63. The summed E-state index contributed by atoms with van der Waals surface area (Å²) in [7, 11) is 3.27. The molecule has 6 nitrogen and oxygen atoms in total. The highest BCUT2D eigenvalue weighted by Crippen LogP contribution is 2.43. The molecule has 5 rings (SSSR count). The summed E-state index contributed by atoms with van der Waals surface area (Å²) < 4.78 is 16.8. The number of aliphatic hydroxyl groups excluding tert-OH is 1. The van der Waals surface area contributed by atoms with Crippen LogP contribution < -0.4 is 4.74 Å². The third kappa shape index (κ3) is 3.31. The van der Waals surface area contributed by atoms with Gasteiger partial charge in [0, 0.05) is 25.2 Å². The predicted molar refractivity (Wildman–Crippen MR) is 107 cm³/mol. The van der Waals surface area contributed by atoms with Crippen molar-refractivity contribution in [3.63, 3.8) is 0 Å². The highest BCUT2D eigenvalue weighted by atomic mass is 16.7. The van der Waals surface area contributed by atoms with Gasteiger partial charge in [-0.2, -0.15) is 0 Å². The van der Waals surface area contributed by atoms with E-state index in [0.29, 0.717) is 5.92 Å². The van der Waals surface area contributed by atoms with Crippen molar-refractivity contribution in [2.75, 3.05) is 34.1 Å². The summed E-state index contributed by atoms with van der Waals surface area (Å²) in [5.41, 5.74) is 1.87. The van der Waals surface area contributed by atoms with Gasteiger partial charge in [0.1, 0.15) is 18.6 Å². The van der Waals surface area contributed by atoms with Gasteiger partial charge in [-0.1, -0.05) is 6.08 Å². The molecule has 1 unspecified atom stereocenters. The van der Waals surface area contributed by atoms with Gasteiger partial charge in [-0.3, -0.25) is 9.88 Å². The van der Waals surface area contributed by atoms with Gasteiger partial charge in [0.05, 0.1) is 24.8 Å². The Balaban J connectivity index is 1.77. The number of pyridine rings is 1. The topological polar surface area (TPSA) is 64.1 Å². The molecule has 4 heterocycles. The highest BCUT2D eigenvalue weighted by molar-refractivity contribution is 5.84. The van der Waals surface area contributed by atoms with Gasteiger partial charge in [-0.25, -0.2) is 0 Å². The van der Waals surface area contributed by atoms with E-state index < -0.39 is 6.10 Å². The van der Waals surface area contributed by atoms with Crippen LogP contribution in [-0.4, -0.2) is 61.2 Å². The summed E-state index contributed by atoms with van der Waals surface area (Å²) in [6.07, 6.45) is 3.94. The number of nitrogens with zero attached hydrogens (tertiary/aromatic N) is 2. The first-order valence-corrected chi connectivity index (χ1v) is 9.75. The lowest BCUT2D eigenvalue weighted by atomic mass is 9.71. The van der Waals surface area contributed by atoms with Crippen molar-refractivity contribution in [1.82, 2.24) is 9.88 Å². The van der Waals surface area contributed by atoms with E-state index in [1.807, 2.05) is 30.3 Å². The third-order valence-corrected chi connectivity index (χ3v) is 6.22. The Hall–Kier alpha value is -1.99. The van der Waals surface area contributed by atoms with Crippen LogP contribution in [-0.2, 0) is 9.47 Å². The lowest BCUT2D eigenvalue weighted by molar-refractivity contribution is -0.169. The monoisotopic (exact) mass is 384 g/mol. The predicted octanol–water partition coefficient (Wildman–Crippen LogP) is 2.77. The number of aliphatic hydroxyl groups is 1. The molecule has 2 aromatic rings. The number of aromatic nitrogens is 1. The van der Waals surface area contributed by atoms with Gasteiger partial charge in [0.15, 0.2) is 0 Å². The van der Waals surface area contributed by atoms with Gasteiger partial charge < -0.3 is 19.3 Å². The van der Waals surface area contributed by atoms with Crippen molar-refractivity contribution in [2.24, 2.45) is 11.8 Å². The summed E-state index contributed by atoms with van der Waals surface area (Å²) in [5.74, 6) is 1.30. The zero-order valence-corrected chi connectivity index (χ0v) is 16.5. The first-order chi connectivity index (χ1) is 13.7. The first kappa shape index (κ1) is 19.3. The third-order valence-electron chi connectivity index (χ3n) is 6.22. The maximum atomic E-state index is 11.2. The molecule has 0 amide bonds. The maximum absolute atomic E-state index is 11.2. The zero-order chi connectivity index (χ0) is 19.7. The molecule has 1 aromatic carbocycles. The van der Waals surface area contributed by atoms with Crippen LogP contribution in [0.15, 0.2) is 43.1 Å². The fraction of sp³-hybridized carbons (Fsp3) is 0.500. The Morgan fingerprint density at radius 1 is 1.36 bits per heavy atom. The molecule has 0 radical (unpaired) electrons. The average molecular weight is 384 g/mol. The molecular formula is C22H28N2O4. The second-order valence-corrected chi connectivity index (χ2v) is 7.61. The average Bonchev–Trinajstić information content (AvgIpc) is 2.74. The van der Waals surface area contributed by atoms with Crippen molar-refractivity contribution in [3.05, 3.63) is 48.7 Å². The standard InChI is InChI=1S/C22H28N2O4/c1-4-14-12-24-10-8-16(14)21(25)20(24)22(28-13-26-2)17-7-9-23-19-6-5-15(27-3)11-18(17)19/h4-7,9,11,14,16,20-22,25H,1,8,10,12-13H2,2-3H3/t14-,16+,20-,21+,22+/m0/s1. The second kappa shape index (κ2) is 8.17. The second-order valence-electron chi connectivity index (χ2n) is 7.61. The number of rotatable bonds is 7. The van der Waals surface area contributed by atoms with Gasteiger partial charge in [0.25, 0.3) is 0 Å². The van der Waals surface area contributed by atoms with E-state index >= 15 is 0 Å². The quantitative estimate of drug-likeness (QED) is 0.585. The van der Waals surface area contributed by atoms with E-state index in [9.17, 15) is 5.11 Å². The molecule has 2 bridgehead atoms. The van der Waals surface area contributed by atoms with Crippen LogP contribution in [0.25, 0.3) is 10.9 Å². The van der Waals surface area contributed by atoms with Crippen molar-refractivity contribution in [3.8, 4) is 5.75 Å². The molecule has 0 spiro atoms. The minimum Gasteiger partial charge on any atom is -0.497 e. The van der Waals surface area contributed by atoms with Crippen LogP contribution in [0.3, 0.4) is 0 Å². The molecule has 3 saturated heterocycles. The Kier molecular flexibility index (Phi) is 5.64. The number of piperidine rings is 3. The van der Waals surface area contributed by atoms with E-state index in [0.717, 1.165) is 41.7 Å². The van der Waals surface area contributed by atoms with Crippen LogP contribution >= 0.6 is 0 Å². The summed E-state index contributed by atoms with van der Waals surface area (Å²) in [4.78, 5) is 6.82. The Morgan fingerprint density at radius 3 is 2.93 bits per heavy atom. The minimum absolute atomic E-state index is 0.137. The molecule has 0 aliphatic carbocycles. The summed E-state index contributed by atoms with van der Waals surface area (Å²) in [5, 5.41) is 12.2. The van der Waals surface area contributed by atoms with E-state index in [1.54, 1.807) is 20.4 Å². The summed E-state index contributed by atoms with van der Waals surface area (Å²) in [6, 6.07) is 7.67. The molecule has 6 heteroatoms. The molecule has 1 N–H and O–H groups in total. The Morgan fingerprint density at radius 2 is 2.21 bits per heavy atom. The zero-order valence-electron chi connectivity index (χ0n) is 16.5. The molecule has 28 heavy (non-hydrogen) atoms.